The molecule has 3 aromatic heterocycles. The molecule has 0 spiro atoms. The van der Waals surface area contributed by atoms with Crippen molar-refractivity contribution in [3.63, 3.8) is 0 Å². The second-order valence-electron chi connectivity index (χ2n) is 10.6. The second-order valence-corrected chi connectivity index (χ2v) is 18.3. The number of halogens is 3. The van der Waals surface area contributed by atoms with Crippen molar-refractivity contribution in [2.45, 2.75) is 51.3 Å². The van der Waals surface area contributed by atoms with Crippen molar-refractivity contribution in [1.82, 2.24) is 25.1 Å². The number of para-hydroxylation sites is 2. The summed E-state index contributed by atoms with van der Waals surface area (Å²) in [6.07, 6.45) is -5.08. The summed E-state index contributed by atoms with van der Waals surface area (Å²) in [6, 6.07) is 9.40. The molecule has 0 saturated heterocycles. The Morgan fingerprint density at radius 1 is 1.07 bits per heavy atom. The van der Waals surface area contributed by atoms with Gasteiger partial charge in [0.15, 0.2) is 0 Å². The van der Waals surface area contributed by atoms with E-state index in [1.807, 2.05) is 0 Å². The SMILES string of the molecule is CCCS(=O)(=O)N(COCC[Si](C)(C)C)c1nc2ccccc2nc1OC(c1ccnc(-c2ncon2)c1)C(F)(F)F. The van der Waals surface area contributed by atoms with Crippen LogP contribution < -0.4 is 9.04 Å². The maximum Gasteiger partial charge on any atom is 0.429 e. The molecule has 4 rings (SSSR count). The number of hydrogen-bond acceptors (Lipinski definition) is 10. The predicted octanol–water partition coefficient (Wildman–Crippen LogP) is 5.62. The highest BCUT2D eigenvalue weighted by Gasteiger charge is 2.45. The maximum absolute atomic E-state index is 14.5. The number of sulfonamides is 1. The van der Waals surface area contributed by atoms with Gasteiger partial charge in [-0.2, -0.15) is 18.2 Å². The van der Waals surface area contributed by atoms with Gasteiger partial charge >= 0.3 is 6.18 Å². The summed E-state index contributed by atoms with van der Waals surface area (Å²) >= 11 is 0. The van der Waals surface area contributed by atoms with E-state index in [2.05, 4.69) is 49.3 Å². The molecule has 16 heteroatoms. The Hall–Kier alpha value is -3.63. The summed E-state index contributed by atoms with van der Waals surface area (Å²) < 4.78 is 87.2. The van der Waals surface area contributed by atoms with Crippen molar-refractivity contribution in [2.75, 3.05) is 23.4 Å². The van der Waals surface area contributed by atoms with Gasteiger partial charge in [-0.25, -0.2) is 22.7 Å². The molecule has 0 saturated carbocycles. The quantitative estimate of drug-likeness (QED) is 0.105. The lowest BCUT2D eigenvalue weighted by molar-refractivity contribution is -0.198. The number of alkyl halides is 3. The Labute approximate surface area is 242 Å². The van der Waals surface area contributed by atoms with Crippen LogP contribution in [0.1, 0.15) is 25.0 Å². The zero-order valence-corrected chi connectivity index (χ0v) is 25.3. The van der Waals surface area contributed by atoms with Gasteiger partial charge in [0.05, 0.1) is 16.8 Å². The van der Waals surface area contributed by atoms with Crippen LogP contribution in [0, 0.1) is 0 Å². The molecule has 0 bridgehead atoms. The first-order valence-corrected chi connectivity index (χ1v) is 18.4. The minimum absolute atomic E-state index is 0.0174. The summed E-state index contributed by atoms with van der Waals surface area (Å²) in [4.78, 5) is 16.6. The Morgan fingerprint density at radius 3 is 2.40 bits per heavy atom. The van der Waals surface area contributed by atoms with Crippen LogP contribution in [0.15, 0.2) is 53.5 Å². The molecule has 1 aromatic carbocycles. The summed E-state index contributed by atoms with van der Waals surface area (Å²) in [5.41, 5.74) is 0.164. The largest absolute Gasteiger partial charge is 0.457 e. The van der Waals surface area contributed by atoms with Crippen molar-refractivity contribution in [1.29, 1.82) is 0 Å². The first-order chi connectivity index (χ1) is 19.8. The topological polar surface area (TPSA) is 133 Å². The number of rotatable bonds is 13. The lowest BCUT2D eigenvalue weighted by atomic mass is 10.1. The summed E-state index contributed by atoms with van der Waals surface area (Å²) in [5, 5.41) is 3.62. The molecule has 0 fully saturated rings. The molecule has 0 aliphatic heterocycles. The van der Waals surface area contributed by atoms with E-state index in [0.717, 1.165) is 35.1 Å². The molecular weight excluding hydrogens is 593 g/mol. The number of fused-ring (bicyclic) bond motifs is 1. The molecule has 0 aliphatic rings. The molecule has 11 nitrogen and oxygen atoms in total. The molecule has 4 aromatic rings. The van der Waals surface area contributed by atoms with Crippen LogP contribution in [0.2, 0.25) is 25.7 Å². The zero-order valence-electron chi connectivity index (χ0n) is 23.5. The van der Waals surface area contributed by atoms with Gasteiger partial charge in [-0.15, -0.1) is 0 Å². The first kappa shape index (κ1) is 31.3. The molecule has 3 heterocycles. The standard InChI is InChI=1S/C26H31F3N6O5SSi/c1-5-13-41(36,37)35(17-38-12-14-42(2,3)4)24-25(33-20-9-7-6-8-19(20)32-24)40-22(26(27,28)29)18-10-11-30-21(15-18)23-31-16-39-34-23/h6-11,15-16,22H,5,12-14,17H2,1-4H3. The van der Waals surface area contributed by atoms with Gasteiger partial charge in [-0.3, -0.25) is 4.98 Å². The smallest absolute Gasteiger partial charge is 0.429 e. The van der Waals surface area contributed by atoms with E-state index in [4.69, 9.17) is 9.47 Å². The third kappa shape index (κ3) is 7.80. The normalized spacial score (nSPS) is 13.3. The summed E-state index contributed by atoms with van der Waals surface area (Å²) in [7, 11) is -5.60. The van der Waals surface area contributed by atoms with Crippen LogP contribution in [0.5, 0.6) is 5.88 Å². The first-order valence-electron chi connectivity index (χ1n) is 13.1. The fourth-order valence-corrected chi connectivity index (χ4v) is 5.94. The number of pyridine rings is 1. The molecule has 0 amide bonds. The van der Waals surface area contributed by atoms with E-state index in [0.29, 0.717) is 0 Å². The Kier molecular flexibility index (Phi) is 9.47. The van der Waals surface area contributed by atoms with E-state index >= 15 is 0 Å². The van der Waals surface area contributed by atoms with Crippen molar-refractivity contribution >= 4 is 34.9 Å². The number of aromatic nitrogens is 5. The summed E-state index contributed by atoms with van der Waals surface area (Å²) in [5.74, 6) is -1.34. The molecule has 226 valence electrons. The van der Waals surface area contributed by atoms with Crippen LogP contribution in [0.25, 0.3) is 22.6 Å². The molecular formula is C26H31F3N6O5SSi. The van der Waals surface area contributed by atoms with Gasteiger partial charge in [-0.05, 0) is 36.7 Å². The van der Waals surface area contributed by atoms with Crippen molar-refractivity contribution in [3.05, 3.63) is 54.6 Å². The second kappa shape index (κ2) is 12.7. The number of benzene rings is 1. The van der Waals surface area contributed by atoms with E-state index in [9.17, 15) is 21.6 Å². The molecule has 0 N–H and O–H groups in total. The molecule has 0 aliphatic carbocycles. The number of hydrogen-bond donors (Lipinski definition) is 0. The van der Waals surface area contributed by atoms with Crippen molar-refractivity contribution in [2.24, 2.45) is 0 Å². The van der Waals surface area contributed by atoms with Crippen LogP contribution in [0.4, 0.5) is 19.0 Å². The summed E-state index contributed by atoms with van der Waals surface area (Å²) in [6.45, 7) is 7.90. The van der Waals surface area contributed by atoms with Gasteiger partial charge in [0.2, 0.25) is 34.2 Å². The van der Waals surface area contributed by atoms with Crippen LogP contribution in [0.3, 0.4) is 0 Å². The van der Waals surface area contributed by atoms with Crippen molar-refractivity contribution in [3.8, 4) is 17.4 Å². The minimum Gasteiger partial charge on any atom is -0.457 e. The van der Waals surface area contributed by atoms with Crippen LogP contribution in [-0.4, -0.2) is 66.9 Å². The predicted molar refractivity (Wildman–Crippen MR) is 152 cm³/mol. The zero-order chi connectivity index (χ0) is 30.5. The fraction of sp³-hybridized carbons (Fsp3) is 0.423. The average molecular weight is 625 g/mol. The van der Waals surface area contributed by atoms with Crippen LogP contribution in [-0.2, 0) is 14.8 Å². The monoisotopic (exact) mass is 624 g/mol. The molecule has 1 atom stereocenters. The lowest BCUT2D eigenvalue weighted by Crippen LogP contribution is -2.37. The number of anilines is 1. The number of nitrogens with zero attached hydrogens (tertiary/aromatic N) is 6. The van der Waals surface area contributed by atoms with Gasteiger partial charge in [-0.1, -0.05) is 43.9 Å². The van der Waals surface area contributed by atoms with Gasteiger partial charge in [0, 0.05) is 26.4 Å². The third-order valence-corrected chi connectivity index (χ3v) is 9.54. The van der Waals surface area contributed by atoms with E-state index < -0.39 is 48.8 Å². The highest BCUT2D eigenvalue weighted by molar-refractivity contribution is 7.92. The molecule has 0 radical (unpaired) electrons. The highest BCUT2D eigenvalue weighted by Crippen LogP contribution is 2.40. The Morgan fingerprint density at radius 2 is 1.79 bits per heavy atom. The van der Waals surface area contributed by atoms with Crippen molar-refractivity contribution < 1.29 is 35.6 Å². The minimum atomic E-state index is -4.94. The molecule has 42 heavy (non-hydrogen) atoms. The highest BCUT2D eigenvalue weighted by atomic mass is 32.2. The lowest BCUT2D eigenvalue weighted by Gasteiger charge is -2.27. The van der Waals surface area contributed by atoms with Gasteiger partial charge < -0.3 is 14.0 Å². The van der Waals surface area contributed by atoms with Crippen LogP contribution >= 0.6 is 0 Å². The Bertz CT molecular complexity index is 1600. The number of ether oxygens (including phenoxy) is 2. The van der Waals surface area contributed by atoms with Gasteiger partial charge in [0.1, 0.15) is 12.4 Å². The molecule has 1 unspecified atom stereocenters. The fourth-order valence-electron chi connectivity index (χ4n) is 3.83. The third-order valence-electron chi connectivity index (χ3n) is 5.96. The van der Waals surface area contributed by atoms with E-state index in [1.165, 1.54) is 6.07 Å². The average Bonchev–Trinajstić information content (AvgIpc) is 3.45. The Balaban J connectivity index is 1.81. The maximum atomic E-state index is 14.5. The van der Waals surface area contributed by atoms with E-state index in [-0.39, 0.29) is 46.9 Å². The van der Waals surface area contributed by atoms with E-state index in [1.54, 1.807) is 25.1 Å². The van der Waals surface area contributed by atoms with Gasteiger partial charge in [0.25, 0.3) is 5.88 Å².